The van der Waals surface area contributed by atoms with Crippen molar-refractivity contribution in [3.05, 3.63) is 22.4 Å². The summed E-state index contributed by atoms with van der Waals surface area (Å²) >= 11 is 1.43. The third kappa shape index (κ3) is 5.31. The van der Waals surface area contributed by atoms with E-state index in [0.717, 1.165) is 12.8 Å². The number of rotatable bonds is 8. The van der Waals surface area contributed by atoms with Crippen LogP contribution >= 0.6 is 11.3 Å². The predicted molar refractivity (Wildman–Crippen MR) is 68.0 cm³/mol. The first-order chi connectivity index (χ1) is 7.84. The lowest BCUT2D eigenvalue weighted by Gasteiger charge is -2.03. The minimum atomic E-state index is -0.177. The van der Waals surface area contributed by atoms with Gasteiger partial charge < -0.3 is 4.74 Å². The zero-order valence-electron chi connectivity index (χ0n) is 9.91. The normalized spacial score (nSPS) is 10.3. The van der Waals surface area contributed by atoms with Gasteiger partial charge >= 0.3 is 5.97 Å². The van der Waals surface area contributed by atoms with E-state index in [1.807, 2.05) is 11.4 Å². The van der Waals surface area contributed by atoms with E-state index in [0.29, 0.717) is 11.5 Å². The molecule has 0 unspecified atom stereocenters. The van der Waals surface area contributed by atoms with E-state index in [2.05, 4.69) is 6.92 Å². The van der Waals surface area contributed by atoms with Crippen LogP contribution < -0.4 is 0 Å². The second kappa shape index (κ2) is 8.34. The van der Waals surface area contributed by atoms with Crippen molar-refractivity contribution >= 4 is 17.3 Å². The van der Waals surface area contributed by atoms with Gasteiger partial charge in [-0.25, -0.2) is 4.79 Å². The largest absolute Gasteiger partial charge is 0.462 e. The standard InChI is InChI=1S/C13H20O2S/c1-2-3-4-5-6-7-10-15-13(14)12-9-8-11-16-12/h8-9,11H,2-7,10H2,1H3. The Morgan fingerprint density at radius 1 is 1.25 bits per heavy atom. The topological polar surface area (TPSA) is 26.3 Å². The number of ether oxygens (including phenoxy) is 1. The Hall–Kier alpha value is -0.830. The maximum atomic E-state index is 11.4. The molecule has 0 N–H and O–H groups in total. The number of thiophene rings is 1. The van der Waals surface area contributed by atoms with Crippen molar-refractivity contribution in [1.82, 2.24) is 0 Å². The molecule has 1 aromatic rings. The molecular formula is C13H20O2S. The van der Waals surface area contributed by atoms with E-state index in [-0.39, 0.29) is 5.97 Å². The Balaban J connectivity index is 1.97. The van der Waals surface area contributed by atoms with Gasteiger partial charge in [-0.15, -0.1) is 11.3 Å². The minimum absolute atomic E-state index is 0.177. The summed E-state index contributed by atoms with van der Waals surface area (Å²) in [5.41, 5.74) is 0. The average Bonchev–Trinajstić information content (AvgIpc) is 2.81. The fourth-order valence-corrected chi connectivity index (χ4v) is 2.13. The Labute approximate surface area is 102 Å². The van der Waals surface area contributed by atoms with Crippen molar-refractivity contribution in [1.29, 1.82) is 0 Å². The lowest BCUT2D eigenvalue weighted by molar-refractivity contribution is 0.0503. The smallest absolute Gasteiger partial charge is 0.348 e. The molecule has 0 aliphatic carbocycles. The summed E-state index contributed by atoms with van der Waals surface area (Å²) in [6, 6.07) is 3.67. The van der Waals surface area contributed by atoms with Gasteiger partial charge in [0, 0.05) is 0 Å². The van der Waals surface area contributed by atoms with E-state index < -0.39 is 0 Å². The monoisotopic (exact) mass is 240 g/mol. The highest BCUT2D eigenvalue weighted by molar-refractivity contribution is 7.11. The molecule has 0 saturated carbocycles. The Kier molecular flexibility index (Phi) is 6.90. The van der Waals surface area contributed by atoms with Gasteiger partial charge in [0.2, 0.25) is 0 Å². The maximum absolute atomic E-state index is 11.4. The second-order valence-corrected chi connectivity index (χ2v) is 4.83. The highest BCUT2D eigenvalue weighted by atomic mass is 32.1. The van der Waals surface area contributed by atoms with Gasteiger partial charge in [-0.3, -0.25) is 0 Å². The summed E-state index contributed by atoms with van der Waals surface area (Å²) in [5, 5.41) is 1.89. The first-order valence-electron chi connectivity index (χ1n) is 6.05. The number of hydrogen-bond donors (Lipinski definition) is 0. The number of unbranched alkanes of at least 4 members (excludes halogenated alkanes) is 5. The molecule has 0 radical (unpaired) electrons. The van der Waals surface area contributed by atoms with E-state index in [1.165, 1.54) is 37.0 Å². The summed E-state index contributed by atoms with van der Waals surface area (Å²) in [5.74, 6) is -0.177. The number of hydrogen-bond acceptors (Lipinski definition) is 3. The molecule has 1 heterocycles. The molecule has 0 aliphatic heterocycles. The molecule has 0 bridgehead atoms. The third-order valence-electron chi connectivity index (χ3n) is 2.45. The molecule has 90 valence electrons. The second-order valence-electron chi connectivity index (χ2n) is 3.88. The highest BCUT2D eigenvalue weighted by Gasteiger charge is 2.06. The van der Waals surface area contributed by atoms with Crippen molar-refractivity contribution in [2.75, 3.05) is 6.61 Å². The van der Waals surface area contributed by atoms with Gasteiger partial charge in [-0.1, -0.05) is 45.1 Å². The van der Waals surface area contributed by atoms with Crippen molar-refractivity contribution in [2.24, 2.45) is 0 Å². The highest BCUT2D eigenvalue weighted by Crippen LogP contribution is 2.10. The van der Waals surface area contributed by atoms with Crippen LogP contribution in [-0.2, 0) is 4.74 Å². The summed E-state index contributed by atoms with van der Waals surface area (Å²) < 4.78 is 5.16. The van der Waals surface area contributed by atoms with Crippen molar-refractivity contribution in [2.45, 2.75) is 45.4 Å². The van der Waals surface area contributed by atoms with Crippen LogP contribution in [-0.4, -0.2) is 12.6 Å². The van der Waals surface area contributed by atoms with Crippen LogP contribution in [0, 0.1) is 0 Å². The zero-order valence-corrected chi connectivity index (χ0v) is 10.7. The Morgan fingerprint density at radius 2 is 2.00 bits per heavy atom. The predicted octanol–water partition coefficient (Wildman–Crippen LogP) is 4.27. The zero-order chi connectivity index (χ0) is 11.6. The van der Waals surface area contributed by atoms with E-state index in [1.54, 1.807) is 6.07 Å². The van der Waals surface area contributed by atoms with Crippen LogP contribution in [0.4, 0.5) is 0 Å². The fraction of sp³-hybridized carbons (Fsp3) is 0.615. The first-order valence-corrected chi connectivity index (χ1v) is 6.93. The summed E-state index contributed by atoms with van der Waals surface area (Å²) in [6.07, 6.45) is 7.29. The van der Waals surface area contributed by atoms with Crippen LogP contribution in [0.2, 0.25) is 0 Å². The van der Waals surface area contributed by atoms with Crippen LogP contribution in [0.1, 0.15) is 55.1 Å². The van der Waals surface area contributed by atoms with Crippen LogP contribution in [0.25, 0.3) is 0 Å². The van der Waals surface area contributed by atoms with Gasteiger partial charge in [0.25, 0.3) is 0 Å². The van der Waals surface area contributed by atoms with Crippen molar-refractivity contribution < 1.29 is 9.53 Å². The van der Waals surface area contributed by atoms with E-state index in [9.17, 15) is 4.79 Å². The Morgan fingerprint density at radius 3 is 2.69 bits per heavy atom. The molecule has 0 saturated heterocycles. The third-order valence-corrected chi connectivity index (χ3v) is 3.30. The van der Waals surface area contributed by atoms with Gasteiger partial charge in [0.1, 0.15) is 4.88 Å². The first kappa shape index (κ1) is 13.2. The summed E-state index contributed by atoms with van der Waals surface area (Å²) in [4.78, 5) is 12.1. The molecule has 1 aromatic heterocycles. The quantitative estimate of drug-likeness (QED) is 0.501. The van der Waals surface area contributed by atoms with Gasteiger partial charge in [-0.05, 0) is 17.9 Å². The summed E-state index contributed by atoms with van der Waals surface area (Å²) in [7, 11) is 0. The van der Waals surface area contributed by atoms with E-state index >= 15 is 0 Å². The molecular weight excluding hydrogens is 220 g/mol. The van der Waals surface area contributed by atoms with Gasteiger partial charge in [0.15, 0.2) is 0 Å². The number of esters is 1. The fourth-order valence-electron chi connectivity index (χ4n) is 1.51. The maximum Gasteiger partial charge on any atom is 0.348 e. The Bertz CT molecular complexity index is 280. The van der Waals surface area contributed by atoms with Crippen LogP contribution in [0.3, 0.4) is 0 Å². The lowest BCUT2D eigenvalue weighted by atomic mass is 10.1. The minimum Gasteiger partial charge on any atom is -0.462 e. The van der Waals surface area contributed by atoms with Crippen molar-refractivity contribution in [3.63, 3.8) is 0 Å². The lowest BCUT2D eigenvalue weighted by Crippen LogP contribution is -2.04. The molecule has 16 heavy (non-hydrogen) atoms. The van der Waals surface area contributed by atoms with Crippen LogP contribution in [0.15, 0.2) is 17.5 Å². The molecule has 0 amide bonds. The van der Waals surface area contributed by atoms with E-state index in [4.69, 9.17) is 4.74 Å². The van der Waals surface area contributed by atoms with Gasteiger partial charge in [0.05, 0.1) is 6.61 Å². The molecule has 0 aromatic carbocycles. The molecule has 2 nitrogen and oxygen atoms in total. The summed E-state index contributed by atoms with van der Waals surface area (Å²) in [6.45, 7) is 2.77. The SMILES string of the molecule is CCCCCCCCOC(=O)c1cccs1. The number of carbonyl (C=O) groups excluding carboxylic acids is 1. The van der Waals surface area contributed by atoms with Crippen LogP contribution in [0.5, 0.6) is 0 Å². The average molecular weight is 240 g/mol. The molecule has 3 heteroatoms. The molecule has 0 spiro atoms. The molecule has 0 atom stereocenters. The molecule has 0 aliphatic rings. The number of carbonyl (C=O) groups is 1. The van der Waals surface area contributed by atoms with Gasteiger partial charge in [-0.2, -0.15) is 0 Å². The molecule has 0 fully saturated rings. The van der Waals surface area contributed by atoms with Crippen molar-refractivity contribution in [3.8, 4) is 0 Å². The molecule has 1 rings (SSSR count).